The van der Waals surface area contributed by atoms with Crippen LogP contribution in [-0.4, -0.2) is 29.4 Å². The number of ether oxygens (including phenoxy) is 1. The molecule has 0 N–H and O–H groups in total. The van der Waals surface area contributed by atoms with E-state index in [1.807, 2.05) is 39.8 Å². The predicted octanol–water partition coefficient (Wildman–Crippen LogP) is 2.11. The summed E-state index contributed by atoms with van der Waals surface area (Å²) in [5.74, 6) is 0. The molecule has 0 aromatic heterocycles. The highest BCUT2D eigenvalue weighted by molar-refractivity contribution is 5.67. The maximum atomic E-state index is 11.6. The Hall–Kier alpha value is -1.03. The molecule has 0 spiro atoms. The Bertz CT molecular complexity index is 242. The third-order valence-electron chi connectivity index (χ3n) is 1.67. The largest absolute Gasteiger partial charge is 0.442 e. The minimum atomic E-state index is -0.485. The van der Waals surface area contributed by atoms with Crippen LogP contribution >= 0.6 is 0 Å². The highest BCUT2D eigenvalue weighted by atomic mass is 16.7. The molecule has 14 heavy (non-hydrogen) atoms. The molecule has 4 nitrogen and oxygen atoms in total. The van der Waals surface area contributed by atoms with Crippen LogP contribution in [0.25, 0.3) is 0 Å². The molecule has 0 aromatic carbocycles. The van der Waals surface area contributed by atoms with E-state index in [9.17, 15) is 4.79 Å². The molecule has 0 fully saturated rings. The van der Waals surface area contributed by atoms with Crippen LogP contribution < -0.4 is 0 Å². The van der Waals surface area contributed by atoms with E-state index in [-0.39, 0.29) is 6.04 Å². The van der Waals surface area contributed by atoms with E-state index < -0.39 is 11.7 Å². The van der Waals surface area contributed by atoms with Crippen LogP contribution in [0, 0.1) is 0 Å². The smallest absolute Gasteiger partial charge is 0.435 e. The van der Waals surface area contributed by atoms with Gasteiger partial charge in [-0.3, -0.25) is 4.84 Å². The Morgan fingerprint density at radius 2 is 2.21 bits per heavy atom. The van der Waals surface area contributed by atoms with E-state index in [4.69, 9.17) is 9.57 Å². The zero-order valence-corrected chi connectivity index (χ0v) is 9.11. The summed E-state index contributed by atoms with van der Waals surface area (Å²) in [4.78, 5) is 16.7. The molecule has 80 valence electrons. The van der Waals surface area contributed by atoms with E-state index in [1.54, 1.807) is 0 Å². The molecular weight excluding hydrogens is 182 g/mol. The summed E-state index contributed by atoms with van der Waals surface area (Å²) in [6.07, 6.45) is 3.35. The zero-order chi connectivity index (χ0) is 10.8. The van der Waals surface area contributed by atoms with E-state index in [2.05, 4.69) is 0 Å². The Morgan fingerprint density at radius 1 is 1.57 bits per heavy atom. The van der Waals surface area contributed by atoms with Gasteiger partial charge in [0.25, 0.3) is 0 Å². The van der Waals surface area contributed by atoms with Crippen molar-refractivity contribution in [2.24, 2.45) is 0 Å². The average molecular weight is 199 g/mol. The standard InChI is InChI=1S/C10H17NO3/c1-8-6-5-7-13-11(8)9(12)14-10(2,3)4/h5-6,8H,7H2,1-4H3. The number of carbonyl (C=O) groups excluding carboxylic acids is 1. The number of amides is 1. The lowest BCUT2D eigenvalue weighted by molar-refractivity contribution is -0.155. The fourth-order valence-corrected chi connectivity index (χ4v) is 1.10. The number of carbonyl (C=O) groups is 1. The third kappa shape index (κ3) is 3.03. The van der Waals surface area contributed by atoms with Gasteiger partial charge >= 0.3 is 6.09 Å². The van der Waals surface area contributed by atoms with Crippen LogP contribution in [0.2, 0.25) is 0 Å². The topological polar surface area (TPSA) is 38.8 Å². The first-order chi connectivity index (χ1) is 6.40. The van der Waals surface area contributed by atoms with Gasteiger partial charge in [-0.2, -0.15) is 5.06 Å². The Kier molecular flexibility index (Phi) is 3.16. The molecule has 1 aliphatic rings. The van der Waals surface area contributed by atoms with Crippen LogP contribution in [0.1, 0.15) is 27.7 Å². The number of hydrogen-bond acceptors (Lipinski definition) is 3. The van der Waals surface area contributed by atoms with Crippen molar-refractivity contribution in [3.63, 3.8) is 0 Å². The van der Waals surface area contributed by atoms with Gasteiger partial charge in [0.15, 0.2) is 0 Å². The van der Waals surface area contributed by atoms with Crippen molar-refractivity contribution in [3.05, 3.63) is 12.2 Å². The molecule has 0 aromatic rings. The summed E-state index contributed by atoms with van der Waals surface area (Å²) in [6.45, 7) is 7.78. The molecule has 1 heterocycles. The quantitative estimate of drug-likeness (QED) is 0.561. The summed E-state index contributed by atoms with van der Waals surface area (Å²) in [5.41, 5.74) is -0.485. The molecule has 4 heteroatoms. The first-order valence-electron chi connectivity index (χ1n) is 4.72. The number of hydroxylamine groups is 2. The zero-order valence-electron chi connectivity index (χ0n) is 9.11. The van der Waals surface area contributed by atoms with Crippen molar-refractivity contribution in [1.82, 2.24) is 5.06 Å². The van der Waals surface area contributed by atoms with Crippen molar-refractivity contribution in [2.75, 3.05) is 6.61 Å². The lowest BCUT2D eigenvalue weighted by Gasteiger charge is -2.30. The number of rotatable bonds is 0. The van der Waals surface area contributed by atoms with Crippen molar-refractivity contribution in [3.8, 4) is 0 Å². The summed E-state index contributed by atoms with van der Waals surface area (Å²) in [7, 11) is 0. The fourth-order valence-electron chi connectivity index (χ4n) is 1.10. The van der Waals surface area contributed by atoms with Crippen LogP contribution in [-0.2, 0) is 9.57 Å². The van der Waals surface area contributed by atoms with Gasteiger partial charge in [0.2, 0.25) is 0 Å². The third-order valence-corrected chi connectivity index (χ3v) is 1.67. The van der Waals surface area contributed by atoms with Crippen LogP contribution in [0.4, 0.5) is 4.79 Å². The van der Waals surface area contributed by atoms with Crippen LogP contribution in [0.15, 0.2) is 12.2 Å². The first-order valence-corrected chi connectivity index (χ1v) is 4.72. The monoisotopic (exact) mass is 199 g/mol. The van der Waals surface area contributed by atoms with Gasteiger partial charge in [-0.1, -0.05) is 12.2 Å². The van der Waals surface area contributed by atoms with Gasteiger partial charge in [0, 0.05) is 0 Å². The Morgan fingerprint density at radius 3 is 2.71 bits per heavy atom. The summed E-state index contributed by atoms with van der Waals surface area (Å²) >= 11 is 0. The van der Waals surface area contributed by atoms with Crippen molar-refractivity contribution < 1.29 is 14.4 Å². The lowest BCUT2D eigenvalue weighted by atomic mass is 10.2. The molecule has 1 aliphatic heterocycles. The number of hydrogen-bond donors (Lipinski definition) is 0. The number of nitrogens with zero attached hydrogens (tertiary/aromatic N) is 1. The van der Waals surface area contributed by atoms with Crippen molar-refractivity contribution >= 4 is 6.09 Å². The van der Waals surface area contributed by atoms with E-state index in [1.165, 1.54) is 5.06 Å². The molecule has 0 saturated carbocycles. The summed E-state index contributed by atoms with van der Waals surface area (Å²) < 4.78 is 5.18. The second-order valence-corrected chi connectivity index (χ2v) is 4.27. The lowest BCUT2D eigenvalue weighted by Crippen LogP contribution is -2.42. The highest BCUT2D eigenvalue weighted by Crippen LogP contribution is 2.14. The molecule has 1 unspecified atom stereocenters. The molecule has 1 rings (SSSR count). The van der Waals surface area contributed by atoms with Crippen molar-refractivity contribution in [2.45, 2.75) is 39.3 Å². The van der Waals surface area contributed by atoms with Crippen LogP contribution in [0.3, 0.4) is 0 Å². The normalized spacial score (nSPS) is 22.3. The van der Waals surface area contributed by atoms with Gasteiger partial charge in [0.1, 0.15) is 5.60 Å². The van der Waals surface area contributed by atoms with Gasteiger partial charge in [-0.25, -0.2) is 4.79 Å². The van der Waals surface area contributed by atoms with E-state index >= 15 is 0 Å². The molecular formula is C10H17NO3. The molecule has 0 radical (unpaired) electrons. The van der Waals surface area contributed by atoms with Crippen LogP contribution in [0.5, 0.6) is 0 Å². The van der Waals surface area contributed by atoms with Crippen molar-refractivity contribution in [1.29, 1.82) is 0 Å². The van der Waals surface area contributed by atoms with Gasteiger partial charge in [0.05, 0.1) is 12.6 Å². The second-order valence-electron chi connectivity index (χ2n) is 4.27. The van der Waals surface area contributed by atoms with Gasteiger partial charge in [-0.15, -0.1) is 0 Å². The maximum absolute atomic E-state index is 11.6. The highest BCUT2D eigenvalue weighted by Gasteiger charge is 2.27. The van der Waals surface area contributed by atoms with Gasteiger partial charge in [-0.05, 0) is 27.7 Å². The SMILES string of the molecule is CC1C=CCON1C(=O)OC(C)(C)C. The summed E-state index contributed by atoms with van der Waals surface area (Å²) in [5, 5.41) is 1.26. The first kappa shape index (κ1) is 11.0. The second kappa shape index (κ2) is 4.00. The minimum absolute atomic E-state index is 0.0707. The Balaban J connectivity index is 2.56. The predicted molar refractivity (Wildman–Crippen MR) is 52.6 cm³/mol. The van der Waals surface area contributed by atoms with E-state index in [0.29, 0.717) is 6.61 Å². The maximum Gasteiger partial charge on any atom is 0.435 e. The molecule has 0 saturated heterocycles. The molecule has 1 amide bonds. The van der Waals surface area contributed by atoms with E-state index in [0.717, 1.165) is 0 Å². The average Bonchev–Trinajstić information content (AvgIpc) is 2.01. The van der Waals surface area contributed by atoms with Gasteiger partial charge < -0.3 is 4.74 Å². The fraction of sp³-hybridized carbons (Fsp3) is 0.700. The Labute approximate surface area is 84.4 Å². The molecule has 0 bridgehead atoms. The molecule has 1 atom stereocenters. The summed E-state index contributed by atoms with van der Waals surface area (Å²) in [6, 6.07) is -0.0707. The molecule has 0 aliphatic carbocycles. The minimum Gasteiger partial charge on any atom is -0.442 e.